The first kappa shape index (κ1) is 17.3. The number of hydrogen-bond donors (Lipinski definition) is 0. The van der Waals surface area contributed by atoms with Crippen LogP contribution < -0.4 is 9.47 Å². The van der Waals surface area contributed by atoms with E-state index in [2.05, 4.69) is 4.99 Å². The van der Waals surface area contributed by atoms with E-state index in [1.807, 2.05) is 48.5 Å². The minimum absolute atomic E-state index is 0.223. The van der Waals surface area contributed by atoms with Gasteiger partial charge in [0, 0.05) is 5.56 Å². The van der Waals surface area contributed by atoms with E-state index in [-0.39, 0.29) is 11.8 Å². The maximum Gasteiger partial charge on any atom is 0.363 e. The predicted molar refractivity (Wildman–Crippen MR) is 103 cm³/mol. The predicted octanol–water partition coefficient (Wildman–Crippen LogP) is 4.36. The van der Waals surface area contributed by atoms with Crippen molar-refractivity contribution < 1.29 is 19.0 Å². The summed E-state index contributed by atoms with van der Waals surface area (Å²) in [4.78, 5) is 16.5. The Morgan fingerprint density at radius 2 is 1.85 bits per heavy atom. The van der Waals surface area contributed by atoms with E-state index in [1.165, 1.54) is 12.8 Å². The van der Waals surface area contributed by atoms with Gasteiger partial charge in [0.25, 0.3) is 0 Å². The fourth-order valence-corrected chi connectivity index (χ4v) is 3.33. The van der Waals surface area contributed by atoms with Gasteiger partial charge in [0.15, 0.2) is 17.2 Å². The van der Waals surface area contributed by atoms with Crippen LogP contribution in [0.25, 0.3) is 6.08 Å². The standard InChI is InChI=1S/C22H21NO4/c1-25-19-12-11-15(14-20(19)26-17-9-5-6-10-17)13-18-22(24)27-21(23-18)16-7-3-2-4-8-16/h2-4,7-8,11-14,17H,5-6,9-10H2,1H3/b18-13+. The molecule has 5 nitrogen and oxygen atoms in total. The number of esters is 1. The molecule has 0 atom stereocenters. The van der Waals surface area contributed by atoms with E-state index in [4.69, 9.17) is 14.2 Å². The van der Waals surface area contributed by atoms with Gasteiger partial charge in [-0.25, -0.2) is 9.79 Å². The molecule has 0 saturated heterocycles. The highest BCUT2D eigenvalue weighted by Crippen LogP contribution is 2.33. The second-order valence-electron chi connectivity index (χ2n) is 6.64. The van der Waals surface area contributed by atoms with Gasteiger partial charge in [0.1, 0.15) is 0 Å². The van der Waals surface area contributed by atoms with Crippen LogP contribution in [-0.4, -0.2) is 25.1 Å². The molecule has 0 radical (unpaired) electrons. The van der Waals surface area contributed by atoms with Crippen LogP contribution in [0.1, 0.15) is 36.8 Å². The largest absolute Gasteiger partial charge is 0.493 e. The van der Waals surface area contributed by atoms with Crippen LogP contribution in [-0.2, 0) is 9.53 Å². The van der Waals surface area contributed by atoms with Crippen molar-refractivity contribution in [1.29, 1.82) is 0 Å². The highest BCUT2D eigenvalue weighted by atomic mass is 16.6. The molecule has 1 saturated carbocycles. The Labute approximate surface area is 158 Å². The average molecular weight is 363 g/mol. The van der Waals surface area contributed by atoms with Gasteiger partial charge in [0.05, 0.1) is 13.2 Å². The van der Waals surface area contributed by atoms with Crippen molar-refractivity contribution in [3.8, 4) is 11.5 Å². The molecule has 1 aliphatic heterocycles. The topological polar surface area (TPSA) is 57.1 Å². The summed E-state index contributed by atoms with van der Waals surface area (Å²) in [5, 5.41) is 0. The van der Waals surface area contributed by atoms with Gasteiger partial charge in [-0.2, -0.15) is 0 Å². The molecular formula is C22H21NO4. The number of carbonyl (C=O) groups excluding carboxylic acids is 1. The Morgan fingerprint density at radius 1 is 1.07 bits per heavy atom. The molecule has 1 fully saturated rings. The summed E-state index contributed by atoms with van der Waals surface area (Å²) in [6.45, 7) is 0. The van der Waals surface area contributed by atoms with Crippen LogP contribution in [0.15, 0.2) is 59.2 Å². The number of hydrogen-bond acceptors (Lipinski definition) is 5. The van der Waals surface area contributed by atoms with Gasteiger partial charge in [-0.05, 0) is 61.6 Å². The smallest absolute Gasteiger partial charge is 0.363 e. The van der Waals surface area contributed by atoms with Crippen molar-refractivity contribution in [1.82, 2.24) is 0 Å². The van der Waals surface area contributed by atoms with Crippen LogP contribution >= 0.6 is 0 Å². The van der Waals surface area contributed by atoms with E-state index < -0.39 is 5.97 Å². The molecule has 0 aromatic heterocycles. The third-order valence-corrected chi connectivity index (χ3v) is 4.73. The average Bonchev–Trinajstić information content (AvgIpc) is 3.33. The molecule has 4 rings (SSSR count). The van der Waals surface area contributed by atoms with Crippen LogP contribution in [0, 0.1) is 0 Å². The van der Waals surface area contributed by atoms with Crippen LogP contribution in [0.5, 0.6) is 11.5 Å². The first-order chi connectivity index (χ1) is 13.2. The fraction of sp³-hybridized carbons (Fsp3) is 0.273. The highest BCUT2D eigenvalue weighted by Gasteiger charge is 2.24. The molecule has 2 aliphatic rings. The van der Waals surface area contributed by atoms with E-state index in [1.54, 1.807) is 13.2 Å². The van der Waals surface area contributed by atoms with Crippen molar-refractivity contribution in [2.24, 2.45) is 4.99 Å². The molecule has 27 heavy (non-hydrogen) atoms. The van der Waals surface area contributed by atoms with E-state index in [0.717, 1.165) is 24.0 Å². The van der Waals surface area contributed by atoms with Crippen molar-refractivity contribution >= 4 is 17.9 Å². The molecule has 5 heteroatoms. The molecule has 0 spiro atoms. The van der Waals surface area contributed by atoms with Gasteiger partial charge in [-0.1, -0.05) is 24.3 Å². The number of cyclic esters (lactones) is 1. The molecule has 0 unspecified atom stereocenters. The highest BCUT2D eigenvalue weighted by molar-refractivity contribution is 6.12. The molecule has 138 valence electrons. The number of methoxy groups -OCH3 is 1. The minimum Gasteiger partial charge on any atom is -0.493 e. The van der Waals surface area contributed by atoms with Gasteiger partial charge in [-0.15, -0.1) is 0 Å². The number of carbonyl (C=O) groups is 1. The SMILES string of the molecule is COc1ccc(/C=C2/N=C(c3ccccc3)OC2=O)cc1OC1CCCC1. The van der Waals surface area contributed by atoms with Crippen LogP contribution in [0.2, 0.25) is 0 Å². The summed E-state index contributed by atoms with van der Waals surface area (Å²) in [6.07, 6.45) is 6.44. The summed E-state index contributed by atoms with van der Waals surface area (Å²) in [7, 11) is 1.62. The first-order valence-electron chi connectivity index (χ1n) is 9.15. The summed E-state index contributed by atoms with van der Waals surface area (Å²) in [5.41, 5.74) is 1.86. The Balaban J connectivity index is 1.61. The molecule has 0 N–H and O–H groups in total. The molecule has 0 amide bonds. The number of aliphatic imine (C=N–C) groups is 1. The lowest BCUT2D eigenvalue weighted by Gasteiger charge is -2.16. The second kappa shape index (κ2) is 7.66. The number of ether oxygens (including phenoxy) is 3. The van der Waals surface area contributed by atoms with Gasteiger partial charge >= 0.3 is 5.97 Å². The zero-order valence-electron chi connectivity index (χ0n) is 15.2. The van der Waals surface area contributed by atoms with Crippen molar-refractivity contribution in [2.45, 2.75) is 31.8 Å². The summed E-state index contributed by atoms with van der Waals surface area (Å²) in [6, 6.07) is 15.0. The second-order valence-corrected chi connectivity index (χ2v) is 6.64. The first-order valence-corrected chi connectivity index (χ1v) is 9.15. The van der Waals surface area contributed by atoms with E-state index in [9.17, 15) is 4.79 Å². The lowest BCUT2D eigenvalue weighted by Crippen LogP contribution is -2.11. The molecule has 2 aromatic carbocycles. The summed E-state index contributed by atoms with van der Waals surface area (Å²) in [5.74, 6) is 1.25. The monoisotopic (exact) mass is 363 g/mol. The van der Waals surface area contributed by atoms with Crippen LogP contribution in [0.4, 0.5) is 0 Å². The Bertz CT molecular complexity index is 896. The van der Waals surface area contributed by atoms with Crippen LogP contribution in [0.3, 0.4) is 0 Å². The summed E-state index contributed by atoms with van der Waals surface area (Å²) >= 11 is 0. The van der Waals surface area contributed by atoms with Crippen molar-refractivity contribution in [3.05, 3.63) is 65.4 Å². The quantitative estimate of drug-likeness (QED) is 0.585. The molecule has 2 aromatic rings. The maximum absolute atomic E-state index is 12.2. The normalized spacial score (nSPS) is 18.5. The molecular weight excluding hydrogens is 342 g/mol. The number of nitrogens with zero attached hydrogens (tertiary/aromatic N) is 1. The Morgan fingerprint density at radius 3 is 2.59 bits per heavy atom. The Kier molecular flexibility index (Phi) is 4.92. The summed E-state index contributed by atoms with van der Waals surface area (Å²) < 4.78 is 16.8. The van der Waals surface area contributed by atoms with Gasteiger partial charge < -0.3 is 14.2 Å². The lowest BCUT2D eigenvalue weighted by atomic mass is 10.1. The number of rotatable bonds is 5. The zero-order chi connectivity index (χ0) is 18.6. The maximum atomic E-state index is 12.2. The minimum atomic E-state index is -0.456. The van der Waals surface area contributed by atoms with Crippen molar-refractivity contribution in [2.75, 3.05) is 7.11 Å². The molecule has 1 heterocycles. The molecule has 1 aliphatic carbocycles. The Hall–Kier alpha value is -3.08. The van der Waals surface area contributed by atoms with Gasteiger partial charge in [0.2, 0.25) is 5.90 Å². The number of benzene rings is 2. The van der Waals surface area contributed by atoms with E-state index >= 15 is 0 Å². The van der Waals surface area contributed by atoms with Crippen molar-refractivity contribution in [3.63, 3.8) is 0 Å². The van der Waals surface area contributed by atoms with E-state index in [0.29, 0.717) is 17.4 Å². The van der Waals surface area contributed by atoms with Gasteiger partial charge in [-0.3, -0.25) is 0 Å². The zero-order valence-corrected chi connectivity index (χ0v) is 15.2. The fourth-order valence-electron chi connectivity index (χ4n) is 3.33. The lowest BCUT2D eigenvalue weighted by molar-refractivity contribution is -0.129. The third-order valence-electron chi connectivity index (χ3n) is 4.73. The molecule has 0 bridgehead atoms. The third kappa shape index (κ3) is 3.87.